The Bertz CT molecular complexity index is 1370. The van der Waals surface area contributed by atoms with Crippen LogP contribution in [0.25, 0.3) is 6.08 Å². The number of ether oxygens (including phenoxy) is 1. The average molecular weight is 517 g/mol. The van der Waals surface area contributed by atoms with Crippen molar-refractivity contribution in [3.63, 3.8) is 0 Å². The maximum atomic E-state index is 12.7. The van der Waals surface area contributed by atoms with Crippen molar-refractivity contribution < 1.29 is 22.1 Å². The van der Waals surface area contributed by atoms with Gasteiger partial charge < -0.3 is 8.92 Å². The third-order valence-electron chi connectivity index (χ3n) is 4.76. The number of rotatable bonds is 6. The Morgan fingerprint density at radius 1 is 1.18 bits per heavy atom. The number of carbonyl (C=O) groups excluding carboxylic acids is 1. The molecule has 176 valence electrons. The maximum Gasteiger partial charge on any atom is 0.339 e. The number of carbonyl (C=O) groups is 1. The molecule has 0 atom stereocenters. The van der Waals surface area contributed by atoms with Gasteiger partial charge in [-0.05, 0) is 56.0 Å². The third kappa shape index (κ3) is 4.74. The molecule has 2 aromatic rings. The number of amidine groups is 3. The summed E-state index contributed by atoms with van der Waals surface area (Å²) in [4.78, 5) is 18.1. The summed E-state index contributed by atoms with van der Waals surface area (Å²) in [5, 5.41) is 9.41. The lowest BCUT2D eigenvalue weighted by Crippen LogP contribution is -2.41. The molecule has 0 fully saturated rings. The highest BCUT2D eigenvalue weighted by atomic mass is 32.2. The van der Waals surface area contributed by atoms with Crippen molar-refractivity contribution in [3.8, 4) is 11.5 Å². The lowest BCUT2D eigenvalue weighted by Gasteiger charge is -2.23. The molecular formula is C22H20N4O5S3. The zero-order valence-corrected chi connectivity index (χ0v) is 20.9. The van der Waals surface area contributed by atoms with E-state index in [1.165, 1.54) is 40.9 Å². The lowest BCUT2D eigenvalue weighted by molar-refractivity contribution is -0.114. The zero-order chi connectivity index (χ0) is 24.5. The summed E-state index contributed by atoms with van der Waals surface area (Å²) >= 11 is 2.40. The van der Waals surface area contributed by atoms with Crippen molar-refractivity contribution in [2.75, 3.05) is 12.9 Å². The van der Waals surface area contributed by atoms with E-state index in [0.29, 0.717) is 15.9 Å². The van der Waals surface area contributed by atoms with E-state index in [-0.39, 0.29) is 34.4 Å². The Morgan fingerprint density at radius 3 is 2.59 bits per heavy atom. The molecule has 9 nitrogen and oxygen atoms in total. The minimum absolute atomic E-state index is 0.0164. The molecule has 1 amide bonds. The topological polar surface area (TPSA) is 121 Å². The van der Waals surface area contributed by atoms with Crippen molar-refractivity contribution in [1.82, 2.24) is 4.90 Å². The first-order valence-corrected chi connectivity index (χ1v) is 13.4. The van der Waals surface area contributed by atoms with Gasteiger partial charge in [-0.2, -0.15) is 17.8 Å². The molecule has 1 N–H and O–H groups in total. The number of aliphatic imine (C=N–C) groups is 1. The van der Waals surface area contributed by atoms with Crippen molar-refractivity contribution in [3.05, 3.63) is 59.2 Å². The summed E-state index contributed by atoms with van der Waals surface area (Å²) in [5.41, 5.74) is 1.52. The van der Waals surface area contributed by atoms with Gasteiger partial charge in [-0.1, -0.05) is 35.5 Å². The Kier molecular flexibility index (Phi) is 6.82. The summed E-state index contributed by atoms with van der Waals surface area (Å²) in [6.45, 7) is 3.88. The van der Waals surface area contributed by atoms with Crippen LogP contribution in [-0.4, -0.2) is 48.3 Å². The van der Waals surface area contributed by atoms with Crippen LogP contribution in [0.1, 0.15) is 18.1 Å². The first-order chi connectivity index (χ1) is 16.2. The van der Waals surface area contributed by atoms with E-state index >= 15 is 0 Å². The largest absolute Gasteiger partial charge is 0.490 e. The Labute approximate surface area is 205 Å². The third-order valence-corrected chi connectivity index (χ3v) is 7.47. The molecule has 0 spiro atoms. The molecule has 2 aliphatic rings. The van der Waals surface area contributed by atoms with Crippen LogP contribution in [0.4, 0.5) is 0 Å². The fourth-order valence-corrected chi connectivity index (χ4v) is 5.51. The van der Waals surface area contributed by atoms with Gasteiger partial charge in [0.15, 0.2) is 16.7 Å². The molecule has 12 heteroatoms. The normalized spacial score (nSPS) is 16.9. The first-order valence-electron chi connectivity index (χ1n) is 10.0. The van der Waals surface area contributed by atoms with Gasteiger partial charge in [0.2, 0.25) is 5.17 Å². The van der Waals surface area contributed by atoms with Crippen molar-refractivity contribution >= 4 is 62.0 Å². The monoisotopic (exact) mass is 516 g/mol. The zero-order valence-electron chi connectivity index (χ0n) is 18.4. The molecule has 0 radical (unpaired) electrons. The molecule has 0 bridgehead atoms. The predicted molar refractivity (Wildman–Crippen MR) is 135 cm³/mol. The van der Waals surface area contributed by atoms with Crippen LogP contribution in [0.3, 0.4) is 0 Å². The summed E-state index contributed by atoms with van der Waals surface area (Å²) in [5.74, 6) is -0.382. The van der Waals surface area contributed by atoms with Gasteiger partial charge in [0, 0.05) is 0 Å². The molecule has 2 aromatic carbocycles. The van der Waals surface area contributed by atoms with E-state index in [2.05, 4.69) is 9.39 Å². The van der Waals surface area contributed by atoms with Crippen molar-refractivity contribution in [1.29, 1.82) is 5.41 Å². The van der Waals surface area contributed by atoms with E-state index in [4.69, 9.17) is 14.3 Å². The number of nitrogens with zero attached hydrogens (tertiary/aromatic N) is 3. The highest BCUT2D eigenvalue weighted by Crippen LogP contribution is 2.34. The van der Waals surface area contributed by atoms with Crippen molar-refractivity contribution in [2.24, 2.45) is 9.39 Å². The minimum atomic E-state index is -4.07. The van der Waals surface area contributed by atoms with Crippen LogP contribution < -0.4 is 8.92 Å². The number of hydrogen-bond acceptors (Lipinski definition) is 9. The SMILES string of the molecule is CCOc1cc(/C=C2/C(=N)N3C(SC)=NSC3=NC2=O)ccc1OS(=O)(=O)c1ccc(C)cc1. The number of nitrogens with one attached hydrogen (secondary N) is 1. The van der Waals surface area contributed by atoms with E-state index < -0.39 is 16.0 Å². The first kappa shape index (κ1) is 24.0. The number of hydrogen-bond donors (Lipinski definition) is 1. The fourth-order valence-electron chi connectivity index (χ4n) is 3.12. The minimum Gasteiger partial charge on any atom is -0.490 e. The smallest absolute Gasteiger partial charge is 0.339 e. The van der Waals surface area contributed by atoms with Crippen LogP contribution in [0.5, 0.6) is 11.5 Å². The van der Waals surface area contributed by atoms with Gasteiger partial charge in [-0.15, -0.1) is 0 Å². The Hall–Kier alpha value is -3.09. The maximum absolute atomic E-state index is 12.7. The highest BCUT2D eigenvalue weighted by Gasteiger charge is 2.37. The van der Waals surface area contributed by atoms with Gasteiger partial charge in [0.1, 0.15) is 10.7 Å². The quantitative estimate of drug-likeness (QED) is 0.346. The molecule has 0 aromatic heterocycles. The fraction of sp³-hybridized carbons (Fsp3) is 0.182. The van der Waals surface area contributed by atoms with Crippen LogP contribution in [0.2, 0.25) is 0 Å². The summed E-state index contributed by atoms with van der Waals surface area (Å²) in [6, 6.07) is 10.9. The van der Waals surface area contributed by atoms with E-state index in [0.717, 1.165) is 17.5 Å². The van der Waals surface area contributed by atoms with Crippen LogP contribution in [0, 0.1) is 12.3 Å². The number of amides is 1. The van der Waals surface area contributed by atoms with Crippen LogP contribution >= 0.6 is 23.7 Å². The lowest BCUT2D eigenvalue weighted by atomic mass is 10.1. The van der Waals surface area contributed by atoms with Gasteiger partial charge in [0.05, 0.1) is 24.1 Å². The molecule has 0 saturated carbocycles. The molecule has 0 unspecified atom stereocenters. The molecule has 2 heterocycles. The average Bonchev–Trinajstić information content (AvgIpc) is 3.21. The van der Waals surface area contributed by atoms with E-state index in [1.54, 1.807) is 31.2 Å². The molecule has 2 aliphatic heterocycles. The molecular weight excluding hydrogens is 496 g/mol. The van der Waals surface area contributed by atoms with Gasteiger partial charge in [0.25, 0.3) is 5.91 Å². The standard InChI is InChI=1S/C22H20N4O5S3/c1-4-30-18-12-14(7-10-17(18)31-34(28,29)15-8-5-13(2)6-9-15)11-16-19(23)26-21(24-20(16)27)33-25-22(26)32-3/h5-12,23H,4H2,1-3H3/b16-11-,23-19?. The Balaban J connectivity index is 1.66. The second-order valence-corrected chi connectivity index (χ2v) is 10.2. The molecule has 4 rings (SSSR count). The highest BCUT2D eigenvalue weighted by molar-refractivity contribution is 8.18. The van der Waals surface area contributed by atoms with E-state index in [9.17, 15) is 13.2 Å². The second-order valence-electron chi connectivity index (χ2n) is 7.10. The predicted octanol–water partition coefficient (Wildman–Crippen LogP) is 4.10. The van der Waals surface area contributed by atoms with Crippen LogP contribution in [0.15, 0.2) is 62.3 Å². The Morgan fingerprint density at radius 2 is 1.91 bits per heavy atom. The number of fused-ring (bicyclic) bond motifs is 1. The number of aryl methyl sites for hydroxylation is 1. The van der Waals surface area contributed by atoms with Crippen molar-refractivity contribution in [2.45, 2.75) is 18.7 Å². The second kappa shape index (κ2) is 9.65. The van der Waals surface area contributed by atoms with Gasteiger partial charge in [-0.25, -0.2) is 4.90 Å². The molecule has 0 aliphatic carbocycles. The number of benzene rings is 2. The van der Waals surface area contributed by atoms with Gasteiger partial charge in [-0.3, -0.25) is 10.2 Å². The van der Waals surface area contributed by atoms with Gasteiger partial charge >= 0.3 is 10.1 Å². The van der Waals surface area contributed by atoms with E-state index in [1.807, 2.05) is 13.2 Å². The summed E-state index contributed by atoms with van der Waals surface area (Å²) < 4.78 is 40.6. The number of thioether (sulfide) groups is 1. The summed E-state index contributed by atoms with van der Waals surface area (Å²) in [6.07, 6.45) is 3.33. The van der Waals surface area contributed by atoms with Crippen LogP contribution in [-0.2, 0) is 14.9 Å². The molecule has 0 saturated heterocycles. The molecule has 34 heavy (non-hydrogen) atoms. The summed E-state index contributed by atoms with van der Waals surface area (Å²) in [7, 11) is -4.07.